The van der Waals surface area contributed by atoms with Gasteiger partial charge in [-0.2, -0.15) is 18.3 Å². The first-order valence-electron chi connectivity index (χ1n) is 13.7. The van der Waals surface area contributed by atoms with Crippen LogP contribution in [0.3, 0.4) is 0 Å². The van der Waals surface area contributed by atoms with Crippen LogP contribution in [0, 0.1) is 0 Å². The van der Waals surface area contributed by atoms with Gasteiger partial charge in [-0.3, -0.25) is 14.3 Å². The number of halogens is 4. The average Bonchev–Trinajstić information content (AvgIpc) is 3.73. The molecule has 1 aliphatic heterocycles. The molecule has 2 aliphatic rings. The molecule has 4 aromatic rings. The number of hydrogen-bond donors (Lipinski definition) is 4. The average molecular weight is 617 g/mol. The highest BCUT2D eigenvalue weighted by Crippen LogP contribution is 2.36. The number of carbonyl (C=O) groups excluding carboxylic acids is 2. The summed E-state index contributed by atoms with van der Waals surface area (Å²) in [5.41, 5.74) is 6.07. The Morgan fingerprint density at radius 2 is 1.84 bits per heavy atom. The molecule has 1 saturated carbocycles. The van der Waals surface area contributed by atoms with E-state index >= 15 is 0 Å². The van der Waals surface area contributed by atoms with Crippen molar-refractivity contribution in [3.8, 4) is 11.3 Å². The van der Waals surface area contributed by atoms with Crippen molar-refractivity contribution in [2.45, 2.75) is 37.5 Å². The number of H-pyrrole nitrogens is 1. The van der Waals surface area contributed by atoms with E-state index in [4.69, 9.17) is 17.3 Å². The van der Waals surface area contributed by atoms with Gasteiger partial charge in [0.25, 0.3) is 5.91 Å². The summed E-state index contributed by atoms with van der Waals surface area (Å²) in [5.74, 6) is 0.0204. The maximum Gasteiger partial charge on any atom is 0.433 e. The number of aromatic nitrogens is 5. The fourth-order valence-corrected chi connectivity index (χ4v) is 5.76. The molecule has 1 saturated heterocycles. The minimum Gasteiger partial charge on any atom is -0.337 e. The fraction of sp³-hybridized carbons (Fsp3) is 0.370. The molecule has 1 aliphatic carbocycles. The molecule has 0 bridgehead atoms. The van der Waals surface area contributed by atoms with Gasteiger partial charge >= 0.3 is 12.2 Å². The summed E-state index contributed by atoms with van der Waals surface area (Å²) < 4.78 is 41.8. The molecule has 3 amide bonds. The number of benzene rings is 1. The van der Waals surface area contributed by atoms with Crippen LogP contribution in [0.2, 0.25) is 5.02 Å². The van der Waals surface area contributed by atoms with Gasteiger partial charge in [0.1, 0.15) is 5.69 Å². The van der Waals surface area contributed by atoms with Gasteiger partial charge in [0, 0.05) is 56.3 Å². The van der Waals surface area contributed by atoms with E-state index in [0.717, 1.165) is 25.5 Å². The zero-order valence-electron chi connectivity index (χ0n) is 22.7. The van der Waals surface area contributed by atoms with Crippen molar-refractivity contribution in [2.24, 2.45) is 5.73 Å². The summed E-state index contributed by atoms with van der Waals surface area (Å²) in [7, 11) is 0. The van der Waals surface area contributed by atoms with Gasteiger partial charge in [-0.25, -0.2) is 14.8 Å². The number of fused-ring (bicyclic) bond motifs is 1. The number of hydrogen-bond acceptors (Lipinski definition) is 7. The van der Waals surface area contributed by atoms with Gasteiger partial charge in [-0.1, -0.05) is 11.6 Å². The summed E-state index contributed by atoms with van der Waals surface area (Å²) in [6, 6.07) is 4.88. The highest BCUT2D eigenvalue weighted by atomic mass is 35.5. The minimum absolute atomic E-state index is 0.0875. The summed E-state index contributed by atoms with van der Waals surface area (Å²) in [5, 5.41) is 11.9. The van der Waals surface area contributed by atoms with Crippen LogP contribution in [-0.2, 0) is 6.18 Å². The molecule has 226 valence electrons. The Balaban J connectivity index is 1.12. The molecule has 2 fully saturated rings. The fourth-order valence-electron chi connectivity index (χ4n) is 5.50. The van der Waals surface area contributed by atoms with Crippen molar-refractivity contribution < 1.29 is 22.8 Å². The van der Waals surface area contributed by atoms with Crippen LogP contribution in [0.25, 0.3) is 16.9 Å². The SMILES string of the molecule is N[C@H]1CC[C@H](NC(=O)N2CCN(C(=O)c3ccc(Nc4nccn5c(-c6cn[nH]c6C(F)(F)F)cnc45)cc3Cl)CC2)C1. The van der Waals surface area contributed by atoms with E-state index in [1.807, 2.05) is 5.10 Å². The summed E-state index contributed by atoms with van der Waals surface area (Å²) in [4.78, 5) is 37.8. The molecule has 1 aromatic carbocycles. The Hall–Kier alpha value is -4.37. The molecule has 6 rings (SSSR count). The first kappa shape index (κ1) is 28.7. The van der Waals surface area contributed by atoms with Crippen LogP contribution < -0.4 is 16.4 Å². The number of aromatic amines is 1. The van der Waals surface area contributed by atoms with Crippen LogP contribution in [0.1, 0.15) is 35.3 Å². The number of nitrogens with one attached hydrogen (secondary N) is 3. The maximum atomic E-state index is 13.4. The number of urea groups is 1. The topological polar surface area (TPSA) is 150 Å². The van der Waals surface area contributed by atoms with Crippen molar-refractivity contribution in [1.29, 1.82) is 0 Å². The molecule has 12 nitrogen and oxygen atoms in total. The lowest BCUT2D eigenvalue weighted by Crippen LogP contribution is -2.54. The Morgan fingerprint density at radius 1 is 1.07 bits per heavy atom. The third kappa shape index (κ3) is 5.82. The van der Waals surface area contributed by atoms with Gasteiger partial charge in [0.15, 0.2) is 11.5 Å². The predicted octanol–water partition coefficient (Wildman–Crippen LogP) is 3.88. The summed E-state index contributed by atoms with van der Waals surface area (Å²) in [6.07, 6.45) is 3.26. The zero-order chi connectivity index (χ0) is 30.3. The third-order valence-electron chi connectivity index (χ3n) is 7.74. The zero-order valence-corrected chi connectivity index (χ0v) is 23.5. The number of rotatable bonds is 5. The molecular weight excluding hydrogens is 589 g/mol. The molecule has 0 unspecified atom stereocenters. The van der Waals surface area contributed by atoms with Crippen LogP contribution >= 0.6 is 11.6 Å². The lowest BCUT2D eigenvalue weighted by atomic mass is 10.1. The number of anilines is 2. The number of nitrogens with two attached hydrogens (primary N) is 1. The monoisotopic (exact) mass is 616 g/mol. The van der Waals surface area contributed by atoms with Gasteiger partial charge in [0.2, 0.25) is 0 Å². The highest BCUT2D eigenvalue weighted by molar-refractivity contribution is 6.34. The number of imidazole rings is 1. The molecule has 0 spiro atoms. The molecule has 2 atom stereocenters. The number of carbonyl (C=O) groups is 2. The second-order valence-corrected chi connectivity index (χ2v) is 11.0. The van der Waals surface area contributed by atoms with Crippen molar-refractivity contribution in [2.75, 3.05) is 31.5 Å². The second-order valence-electron chi connectivity index (χ2n) is 10.6. The normalized spacial score (nSPS) is 19.2. The molecule has 0 radical (unpaired) electrons. The van der Waals surface area contributed by atoms with Gasteiger partial charge in [0.05, 0.1) is 34.2 Å². The lowest BCUT2D eigenvalue weighted by molar-refractivity contribution is -0.140. The van der Waals surface area contributed by atoms with Crippen molar-refractivity contribution in [3.63, 3.8) is 0 Å². The van der Waals surface area contributed by atoms with Crippen LogP contribution in [0.4, 0.5) is 29.5 Å². The summed E-state index contributed by atoms with van der Waals surface area (Å²) in [6.45, 7) is 1.54. The molecule has 4 heterocycles. The molecule has 43 heavy (non-hydrogen) atoms. The lowest BCUT2D eigenvalue weighted by Gasteiger charge is -2.35. The van der Waals surface area contributed by atoms with Crippen molar-refractivity contribution in [1.82, 2.24) is 39.7 Å². The first-order chi connectivity index (χ1) is 20.6. The second kappa shape index (κ2) is 11.4. The van der Waals surface area contributed by atoms with Gasteiger partial charge < -0.3 is 26.2 Å². The Labute approximate surface area is 248 Å². The van der Waals surface area contributed by atoms with Gasteiger partial charge in [-0.05, 0) is 37.5 Å². The van der Waals surface area contributed by atoms with Crippen molar-refractivity contribution >= 4 is 40.7 Å². The van der Waals surface area contributed by atoms with Crippen LogP contribution in [0.15, 0.2) is 43.0 Å². The van der Waals surface area contributed by atoms with Crippen LogP contribution in [0.5, 0.6) is 0 Å². The number of nitrogens with zero attached hydrogens (tertiary/aromatic N) is 6. The number of amides is 3. The van der Waals surface area contributed by atoms with E-state index in [-0.39, 0.29) is 51.8 Å². The smallest absolute Gasteiger partial charge is 0.337 e. The quantitative estimate of drug-likeness (QED) is 0.266. The Kier molecular flexibility index (Phi) is 7.60. The standard InChI is InChI=1S/C27H28ClF3N10O2/c28-20-12-17(36-23-24-34-14-21(41(24)6-5-33-23)19-13-35-38-22(19)27(29,30)31)3-4-18(20)25(42)39-7-9-40(10-8-39)26(43)37-16-2-1-15(32)11-16/h3-6,12-16H,1-2,7-11,32H2,(H,33,36)(H,35,38)(H,37,43)/t15-,16-/m0/s1. The molecule has 3 aromatic heterocycles. The van der Waals surface area contributed by atoms with E-state index in [9.17, 15) is 22.8 Å². The Morgan fingerprint density at radius 3 is 2.53 bits per heavy atom. The largest absolute Gasteiger partial charge is 0.433 e. The molecular formula is C27H28ClF3N10O2. The highest BCUT2D eigenvalue weighted by Gasteiger charge is 2.37. The van der Waals surface area contributed by atoms with Crippen molar-refractivity contribution in [3.05, 3.63) is 59.3 Å². The van der Waals surface area contributed by atoms with Gasteiger partial charge in [-0.15, -0.1) is 0 Å². The predicted molar refractivity (Wildman–Crippen MR) is 152 cm³/mol. The minimum atomic E-state index is -4.62. The number of piperazine rings is 1. The summed E-state index contributed by atoms with van der Waals surface area (Å²) >= 11 is 6.52. The molecule has 5 N–H and O–H groups in total. The Bertz CT molecular complexity index is 1660. The first-order valence-corrected chi connectivity index (χ1v) is 14.1. The van der Waals surface area contributed by atoms with E-state index in [2.05, 4.69) is 25.7 Å². The molecule has 16 heteroatoms. The van der Waals surface area contributed by atoms with E-state index in [1.165, 1.54) is 23.0 Å². The van der Waals surface area contributed by atoms with E-state index in [1.54, 1.807) is 28.0 Å². The van der Waals surface area contributed by atoms with Crippen LogP contribution in [-0.4, -0.2) is 84.6 Å². The van der Waals surface area contributed by atoms with E-state index in [0.29, 0.717) is 37.4 Å². The third-order valence-corrected chi connectivity index (χ3v) is 8.06. The van der Waals surface area contributed by atoms with E-state index < -0.39 is 11.9 Å². The maximum absolute atomic E-state index is 13.4. The number of alkyl halides is 3.